The molecule has 2 N–H and O–H groups in total. The molecule has 2 aromatic carbocycles. The van der Waals surface area contributed by atoms with E-state index in [4.69, 9.17) is 19.0 Å². The lowest BCUT2D eigenvalue weighted by atomic mass is 9.49. The second kappa shape index (κ2) is 11.8. The van der Waals surface area contributed by atoms with Crippen LogP contribution in [0.15, 0.2) is 53.1 Å². The molecule has 8 rings (SSSR count). The van der Waals surface area contributed by atoms with E-state index >= 15 is 0 Å². The molecule has 1 atom stereocenters. The Kier molecular flexibility index (Phi) is 7.82. The zero-order chi connectivity index (χ0) is 31.2. The Hall–Kier alpha value is -3.88. The van der Waals surface area contributed by atoms with Crippen LogP contribution in [0.25, 0.3) is 11.1 Å². The van der Waals surface area contributed by atoms with Gasteiger partial charge in [0.05, 0.1) is 0 Å². The Morgan fingerprint density at radius 1 is 0.933 bits per heavy atom. The Morgan fingerprint density at radius 2 is 1.53 bits per heavy atom. The van der Waals surface area contributed by atoms with E-state index < -0.39 is 23.8 Å². The fourth-order valence-electron chi connectivity index (χ4n) is 8.83. The summed E-state index contributed by atoms with van der Waals surface area (Å²) >= 11 is 0. The van der Waals surface area contributed by atoms with Gasteiger partial charge < -0.3 is 24.6 Å². The molecule has 3 aromatic rings. The molecule has 1 aromatic heterocycles. The Balaban J connectivity index is 1.04. The maximum Gasteiger partial charge on any atom is 0.407 e. The number of alkyl carbamates (subject to hydrolysis) is 2. The lowest BCUT2D eigenvalue weighted by Crippen LogP contribution is -2.49. The highest BCUT2D eigenvalue weighted by Crippen LogP contribution is 2.60. The zero-order valence-corrected chi connectivity index (χ0v) is 26.5. The van der Waals surface area contributed by atoms with Crippen molar-refractivity contribution in [2.24, 2.45) is 17.8 Å². The lowest BCUT2D eigenvalue weighted by molar-refractivity contribution is -0.0103. The van der Waals surface area contributed by atoms with Gasteiger partial charge in [0.15, 0.2) is 5.82 Å². The maximum absolute atomic E-state index is 13.3. The molecule has 1 heterocycles. The molecule has 0 aliphatic heterocycles. The Bertz CT molecular complexity index is 1480. The molecule has 238 valence electrons. The first-order valence-electron chi connectivity index (χ1n) is 16.6. The number of fused-ring (bicyclic) bond motifs is 3. The van der Waals surface area contributed by atoms with Gasteiger partial charge in [-0.1, -0.05) is 53.7 Å². The highest BCUT2D eigenvalue weighted by molar-refractivity contribution is 5.79. The first kappa shape index (κ1) is 29.8. The fraction of sp³-hybridized carbons (Fsp3) is 0.556. The van der Waals surface area contributed by atoms with Gasteiger partial charge in [-0.2, -0.15) is 4.98 Å². The third-order valence-corrected chi connectivity index (χ3v) is 10.2. The minimum absolute atomic E-state index is 0.0108. The van der Waals surface area contributed by atoms with E-state index in [9.17, 15) is 9.59 Å². The van der Waals surface area contributed by atoms with Crippen molar-refractivity contribution in [2.45, 2.75) is 95.1 Å². The normalized spacial score (nSPS) is 25.4. The molecule has 0 spiro atoms. The van der Waals surface area contributed by atoms with Crippen LogP contribution in [0.5, 0.6) is 0 Å². The lowest BCUT2D eigenvalue weighted by Gasteiger charge is -2.55. The fourth-order valence-corrected chi connectivity index (χ4v) is 8.83. The average Bonchev–Trinajstić information content (AvgIpc) is 3.61. The van der Waals surface area contributed by atoms with Crippen molar-refractivity contribution in [2.75, 3.05) is 13.2 Å². The first-order valence-corrected chi connectivity index (χ1v) is 16.6. The summed E-state index contributed by atoms with van der Waals surface area (Å²) in [7, 11) is 0. The van der Waals surface area contributed by atoms with E-state index in [0.29, 0.717) is 25.3 Å². The van der Waals surface area contributed by atoms with Crippen LogP contribution in [0, 0.1) is 17.8 Å². The van der Waals surface area contributed by atoms with Gasteiger partial charge in [0, 0.05) is 17.9 Å². The number of nitrogens with zero attached hydrogens (tertiary/aromatic N) is 2. The molecule has 4 saturated carbocycles. The van der Waals surface area contributed by atoms with Crippen LogP contribution in [0.2, 0.25) is 0 Å². The van der Waals surface area contributed by atoms with Crippen LogP contribution >= 0.6 is 0 Å². The van der Waals surface area contributed by atoms with Crippen LogP contribution < -0.4 is 10.6 Å². The standard InChI is InChI=1S/C36H44N4O5/c1-35(2,3)44-33(41)37-14-8-13-30(31-39-32(40-45-31)36-18-22-15-23(19-36)17-24(16-22)20-36)38-34(42)43-21-29-27-11-6-4-9-25(27)26-10-5-7-12-28(26)29/h4-7,9-12,22-24,29-30H,8,13-21H2,1-3H3,(H,37,41)(H,38,42). The number of amides is 2. The number of ether oxygens (including phenoxy) is 2. The van der Waals surface area contributed by atoms with Crippen molar-refractivity contribution < 1.29 is 23.6 Å². The molecule has 0 saturated heterocycles. The number of nitrogens with one attached hydrogen (secondary N) is 2. The zero-order valence-electron chi connectivity index (χ0n) is 26.5. The summed E-state index contributed by atoms with van der Waals surface area (Å²) in [5.74, 6) is 3.42. The van der Waals surface area contributed by atoms with Crippen LogP contribution in [0.1, 0.15) is 107 Å². The minimum Gasteiger partial charge on any atom is -0.449 e. The van der Waals surface area contributed by atoms with Gasteiger partial charge in [-0.25, -0.2) is 9.59 Å². The average molecular weight is 613 g/mol. The van der Waals surface area contributed by atoms with Gasteiger partial charge in [-0.15, -0.1) is 0 Å². The molecule has 4 fully saturated rings. The van der Waals surface area contributed by atoms with Crippen LogP contribution in [-0.2, 0) is 14.9 Å². The molecule has 45 heavy (non-hydrogen) atoms. The number of hydrogen-bond acceptors (Lipinski definition) is 7. The molecular formula is C36H44N4O5. The van der Waals surface area contributed by atoms with Crippen LogP contribution in [0.4, 0.5) is 9.59 Å². The molecule has 9 nitrogen and oxygen atoms in total. The van der Waals surface area contributed by atoms with Gasteiger partial charge in [0.2, 0.25) is 5.89 Å². The van der Waals surface area contributed by atoms with E-state index in [1.54, 1.807) is 0 Å². The largest absolute Gasteiger partial charge is 0.449 e. The van der Waals surface area contributed by atoms with E-state index in [1.165, 1.54) is 30.4 Å². The summed E-state index contributed by atoms with van der Waals surface area (Å²) in [6, 6.07) is 16.0. The van der Waals surface area contributed by atoms with Crippen molar-refractivity contribution in [1.29, 1.82) is 0 Å². The smallest absolute Gasteiger partial charge is 0.407 e. The summed E-state index contributed by atoms with van der Waals surface area (Å²) in [4.78, 5) is 30.5. The summed E-state index contributed by atoms with van der Waals surface area (Å²) < 4.78 is 17.1. The van der Waals surface area contributed by atoms with Gasteiger partial charge in [0.25, 0.3) is 0 Å². The summed E-state index contributed by atoms with van der Waals surface area (Å²) in [6.07, 6.45) is 7.45. The number of carbonyl (C=O) groups excluding carboxylic acids is 2. The Morgan fingerprint density at radius 3 is 2.13 bits per heavy atom. The molecule has 1 unspecified atom stereocenters. The predicted octanol–water partition coefficient (Wildman–Crippen LogP) is 7.42. The van der Waals surface area contributed by atoms with Crippen LogP contribution in [-0.4, -0.2) is 41.1 Å². The van der Waals surface area contributed by atoms with E-state index in [-0.39, 0.29) is 17.9 Å². The summed E-state index contributed by atoms with van der Waals surface area (Å²) in [5.41, 5.74) is 4.10. The first-order chi connectivity index (χ1) is 21.7. The molecule has 5 aliphatic carbocycles. The molecular weight excluding hydrogens is 568 g/mol. The minimum atomic E-state index is -0.574. The molecule has 0 radical (unpaired) electrons. The highest BCUT2D eigenvalue weighted by Gasteiger charge is 2.54. The quantitative estimate of drug-likeness (QED) is 0.242. The second-order valence-corrected chi connectivity index (χ2v) is 14.7. The number of aromatic nitrogens is 2. The number of carbonyl (C=O) groups is 2. The van der Waals surface area contributed by atoms with Crippen molar-refractivity contribution in [1.82, 2.24) is 20.8 Å². The topological polar surface area (TPSA) is 116 Å². The van der Waals surface area contributed by atoms with Crippen molar-refractivity contribution in [3.8, 4) is 11.1 Å². The third-order valence-electron chi connectivity index (χ3n) is 10.2. The molecule has 4 bridgehead atoms. The van der Waals surface area contributed by atoms with Crippen molar-refractivity contribution in [3.63, 3.8) is 0 Å². The highest BCUT2D eigenvalue weighted by atomic mass is 16.6. The summed E-state index contributed by atoms with van der Waals surface area (Å²) in [5, 5.41) is 10.3. The van der Waals surface area contributed by atoms with E-state index in [0.717, 1.165) is 54.0 Å². The number of rotatable bonds is 9. The van der Waals surface area contributed by atoms with E-state index in [1.807, 2.05) is 45.0 Å². The molecule has 9 heteroatoms. The summed E-state index contributed by atoms with van der Waals surface area (Å²) in [6.45, 7) is 6.09. The van der Waals surface area contributed by atoms with Gasteiger partial charge in [-0.3, -0.25) is 0 Å². The van der Waals surface area contributed by atoms with Crippen molar-refractivity contribution in [3.05, 3.63) is 71.4 Å². The van der Waals surface area contributed by atoms with Crippen LogP contribution in [0.3, 0.4) is 0 Å². The third kappa shape index (κ3) is 6.18. The van der Waals surface area contributed by atoms with Gasteiger partial charge in [0.1, 0.15) is 18.2 Å². The second-order valence-electron chi connectivity index (χ2n) is 14.7. The maximum atomic E-state index is 13.3. The monoisotopic (exact) mass is 612 g/mol. The molecule has 2 amide bonds. The Labute approximate surface area is 264 Å². The van der Waals surface area contributed by atoms with E-state index in [2.05, 4.69) is 40.1 Å². The number of hydrogen-bond donors (Lipinski definition) is 2. The van der Waals surface area contributed by atoms with Gasteiger partial charge in [-0.05, 0) is 112 Å². The SMILES string of the molecule is CC(C)(C)OC(=O)NCCCC(NC(=O)OCC1c2ccccc2-c2ccccc21)c1nc(C23CC4CC(CC(C4)C2)C3)no1. The molecule has 5 aliphatic rings. The van der Waals surface area contributed by atoms with Gasteiger partial charge >= 0.3 is 12.2 Å². The van der Waals surface area contributed by atoms with Crippen molar-refractivity contribution >= 4 is 12.2 Å². The predicted molar refractivity (Wildman–Crippen MR) is 169 cm³/mol. The number of benzene rings is 2.